The van der Waals surface area contributed by atoms with E-state index in [0.29, 0.717) is 29.9 Å². The lowest BCUT2D eigenvalue weighted by Gasteiger charge is -2.36. The molecule has 10 heteroatoms. The molecular formula is C29H31N3O6S. The Morgan fingerprint density at radius 2 is 1.85 bits per heavy atom. The van der Waals surface area contributed by atoms with Gasteiger partial charge in [0.2, 0.25) is 0 Å². The van der Waals surface area contributed by atoms with E-state index < -0.39 is 22.2 Å². The number of nitrogens with zero attached hydrogens (tertiary/aromatic N) is 3. The van der Waals surface area contributed by atoms with Crippen LogP contribution >= 0.6 is 0 Å². The Morgan fingerprint density at radius 1 is 1.10 bits per heavy atom. The Bertz CT molecular complexity index is 1640. The second-order valence-corrected chi connectivity index (χ2v) is 12.3. The van der Waals surface area contributed by atoms with Crippen LogP contribution in [0.5, 0.6) is 11.5 Å². The van der Waals surface area contributed by atoms with E-state index in [4.69, 9.17) is 9.47 Å². The molecule has 1 amide bonds. The second-order valence-electron chi connectivity index (χ2n) is 10.5. The lowest BCUT2D eigenvalue weighted by Crippen LogP contribution is -2.42. The minimum absolute atomic E-state index is 0.0866. The van der Waals surface area contributed by atoms with Crippen molar-refractivity contribution in [3.05, 3.63) is 83.7 Å². The van der Waals surface area contributed by atoms with E-state index in [1.165, 1.54) is 18.3 Å². The lowest BCUT2D eigenvalue weighted by molar-refractivity contribution is 0.0159. The van der Waals surface area contributed by atoms with E-state index in [2.05, 4.69) is 4.98 Å². The van der Waals surface area contributed by atoms with Crippen molar-refractivity contribution in [2.75, 3.05) is 6.54 Å². The first-order valence-corrected chi connectivity index (χ1v) is 14.1. The topological polar surface area (TPSA) is 111 Å². The first kappa shape index (κ1) is 26.7. The maximum atomic E-state index is 13.5. The van der Waals surface area contributed by atoms with Crippen LogP contribution in [0, 0.1) is 0 Å². The number of hydrogen-bond donors (Lipinski definition) is 1. The van der Waals surface area contributed by atoms with Gasteiger partial charge >= 0.3 is 6.09 Å². The average molecular weight is 550 g/mol. The van der Waals surface area contributed by atoms with Crippen LogP contribution in [-0.2, 0) is 27.8 Å². The Morgan fingerprint density at radius 3 is 2.54 bits per heavy atom. The average Bonchev–Trinajstić information content (AvgIpc) is 3.29. The Kier molecular flexibility index (Phi) is 6.86. The van der Waals surface area contributed by atoms with E-state index in [0.717, 1.165) is 15.1 Å². The van der Waals surface area contributed by atoms with Gasteiger partial charge in [-0.3, -0.25) is 0 Å². The Hall–Kier alpha value is -3.89. The summed E-state index contributed by atoms with van der Waals surface area (Å²) in [5, 5.41) is 10.5. The second kappa shape index (κ2) is 10.0. The standard InChI is InChI=1S/C29H31N3O6S/c1-19-24-17-22(11-10-20(24)13-15-31(19)28(34)38-29(2,3)4)37-26-12-14-30-27-25(26)16-21(18-33)32(27)39(35,36)23-8-6-5-7-9-23/h5-12,14,16-17,19,33H,13,15,18H2,1-4H3/t19-/m0/s1. The van der Waals surface area contributed by atoms with Gasteiger partial charge in [0.25, 0.3) is 10.0 Å². The molecule has 4 aromatic rings. The number of pyridine rings is 1. The molecule has 39 heavy (non-hydrogen) atoms. The van der Waals surface area contributed by atoms with Crippen LogP contribution in [0.1, 0.15) is 50.6 Å². The molecule has 0 fully saturated rings. The van der Waals surface area contributed by atoms with Gasteiger partial charge in [-0.2, -0.15) is 0 Å². The number of amides is 1. The summed E-state index contributed by atoms with van der Waals surface area (Å²) in [6.45, 7) is 7.54. The first-order chi connectivity index (χ1) is 18.5. The predicted molar refractivity (Wildman–Crippen MR) is 146 cm³/mol. The van der Waals surface area contributed by atoms with Crippen LogP contribution in [0.15, 0.2) is 71.8 Å². The summed E-state index contributed by atoms with van der Waals surface area (Å²) in [5.74, 6) is 0.924. The number of aliphatic hydroxyl groups excluding tert-OH is 1. The van der Waals surface area contributed by atoms with E-state index in [-0.39, 0.29) is 28.4 Å². The summed E-state index contributed by atoms with van der Waals surface area (Å²) >= 11 is 0. The van der Waals surface area contributed by atoms with Crippen LogP contribution < -0.4 is 4.74 Å². The number of rotatable bonds is 5. The largest absolute Gasteiger partial charge is 0.457 e. The van der Waals surface area contributed by atoms with E-state index >= 15 is 0 Å². The highest BCUT2D eigenvalue weighted by molar-refractivity contribution is 7.90. The smallest absolute Gasteiger partial charge is 0.410 e. The molecule has 5 rings (SSSR count). The van der Waals surface area contributed by atoms with Crippen molar-refractivity contribution in [2.45, 2.75) is 57.3 Å². The predicted octanol–water partition coefficient (Wildman–Crippen LogP) is 5.41. The van der Waals surface area contributed by atoms with Crippen molar-refractivity contribution in [2.24, 2.45) is 0 Å². The number of hydrogen-bond acceptors (Lipinski definition) is 7. The van der Waals surface area contributed by atoms with Crippen molar-refractivity contribution in [3.63, 3.8) is 0 Å². The van der Waals surface area contributed by atoms with E-state index in [1.54, 1.807) is 35.2 Å². The highest BCUT2D eigenvalue weighted by Crippen LogP contribution is 2.37. The van der Waals surface area contributed by atoms with Gasteiger partial charge in [0.05, 0.1) is 28.6 Å². The van der Waals surface area contributed by atoms with Crippen molar-refractivity contribution in [3.8, 4) is 11.5 Å². The highest BCUT2D eigenvalue weighted by Gasteiger charge is 2.31. The molecule has 1 aliphatic rings. The normalized spacial score (nSPS) is 15.7. The molecule has 2 aromatic heterocycles. The van der Waals surface area contributed by atoms with Gasteiger partial charge in [-0.1, -0.05) is 24.3 Å². The molecule has 0 spiro atoms. The number of aliphatic hydroxyl groups is 1. The third-order valence-electron chi connectivity index (χ3n) is 6.65. The van der Waals surface area contributed by atoms with Crippen molar-refractivity contribution >= 4 is 27.1 Å². The molecule has 0 bridgehead atoms. The molecular weight excluding hydrogens is 518 g/mol. The molecule has 0 unspecified atom stereocenters. The lowest BCUT2D eigenvalue weighted by atomic mass is 9.93. The summed E-state index contributed by atoms with van der Waals surface area (Å²) in [7, 11) is -4.01. The quantitative estimate of drug-likeness (QED) is 0.354. The molecule has 3 heterocycles. The van der Waals surface area contributed by atoms with Crippen molar-refractivity contribution < 1.29 is 27.8 Å². The monoisotopic (exact) mass is 549 g/mol. The van der Waals surface area contributed by atoms with Gasteiger partial charge < -0.3 is 19.5 Å². The Balaban J connectivity index is 1.50. The molecule has 0 saturated carbocycles. The number of ether oxygens (including phenoxy) is 2. The number of fused-ring (bicyclic) bond motifs is 2. The van der Waals surface area contributed by atoms with Crippen LogP contribution in [0.3, 0.4) is 0 Å². The molecule has 9 nitrogen and oxygen atoms in total. The third kappa shape index (κ3) is 5.09. The summed E-state index contributed by atoms with van der Waals surface area (Å²) in [5.41, 5.74) is 1.81. The highest BCUT2D eigenvalue weighted by atomic mass is 32.2. The first-order valence-electron chi connectivity index (χ1n) is 12.7. The number of carbonyl (C=O) groups is 1. The molecule has 0 radical (unpaired) electrons. The summed E-state index contributed by atoms with van der Waals surface area (Å²) < 4.78 is 39.8. The molecule has 1 atom stereocenters. The van der Waals surface area contributed by atoms with Gasteiger partial charge in [0.1, 0.15) is 17.1 Å². The van der Waals surface area contributed by atoms with Gasteiger partial charge in [-0.05, 0) is 81.6 Å². The van der Waals surface area contributed by atoms with Crippen molar-refractivity contribution in [1.82, 2.24) is 13.9 Å². The summed E-state index contributed by atoms with van der Waals surface area (Å²) in [6.07, 6.45) is 1.81. The van der Waals surface area contributed by atoms with Crippen LogP contribution in [0.25, 0.3) is 11.0 Å². The number of benzene rings is 2. The molecule has 2 aromatic carbocycles. The summed E-state index contributed by atoms with van der Waals surface area (Å²) in [4.78, 5) is 18.9. The number of carbonyl (C=O) groups excluding carboxylic acids is 1. The van der Waals surface area contributed by atoms with Crippen LogP contribution in [-0.4, -0.2) is 45.6 Å². The fourth-order valence-corrected chi connectivity index (χ4v) is 6.33. The minimum Gasteiger partial charge on any atom is -0.457 e. The van der Waals surface area contributed by atoms with Gasteiger partial charge in [0, 0.05) is 12.7 Å². The zero-order valence-corrected chi connectivity index (χ0v) is 23.1. The molecule has 0 saturated heterocycles. The minimum atomic E-state index is -4.01. The van der Waals surface area contributed by atoms with E-state index in [9.17, 15) is 18.3 Å². The summed E-state index contributed by atoms with van der Waals surface area (Å²) in [6, 6.07) is 16.7. The van der Waals surface area contributed by atoms with Gasteiger partial charge in [-0.15, -0.1) is 0 Å². The van der Waals surface area contributed by atoms with E-state index in [1.807, 2.05) is 45.9 Å². The zero-order valence-electron chi connectivity index (χ0n) is 22.3. The number of aromatic nitrogens is 2. The molecule has 1 aliphatic heterocycles. The van der Waals surface area contributed by atoms with Gasteiger partial charge in [-0.25, -0.2) is 22.2 Å². The fraction of sp³-hybridized carbons (Fsp3) is 0.310. The maximum Gasteiger partial charge on any atom is 0.410 e. The Labute approximate surface area is 227 Å². The molecule has 0 aliphatic carbocycles. The van der Waals surface area contributed by atoms with Crippen LogP contribution in [0.4, 0.5) is 4.79 Å². The zero-order chi connectivity index (χ0) is 27.9. The maximum absolute atomic E-state index is 13.5. The third-order valence-corrected chi connectivity index (χ3v) is 8.41. The SMILES string of the molecule is C[C@H]1c2cc(Oc3ccnc4c3cc(CO)n4S(=O)(=O)c3ccccc3)ccc2CCN1C(=O)OC(C)(C)C. The molecule has 204 valence electrons. The van der Waals surface area contributed by atoms with Gasteiger partial charge in [0.15, 0.2) is 5.65 Å². The van der Waals surface area contributed by atoms with Crippen LogP contribution in [0.2, 0.25) is 0 Å². The molecule has 1 N–H and O–H groups in total. The fourth-order valence-electron chi connectivity index (χ4n) is 4.82. The van der Waals surface area contributed by atoms with Crippen molar-refractivity contribution in [1.29, 1.82) is 0 Å².